The number of aromatic nitrogens is 2. The Hall–Kier alpha value is -0.950. The van der Waals surface area contributed by atoms with Crippen LogP contribution in [0.4, 0.5) is 0 Å². The zero-order valence-electron chi connectivity index (χ0n) is 21.6. The van der Waals surface area contributed by atoms with Crippen LogP contribution in [0.3, 0.4) is 0 Å². The molecule has 4 fully saturated rings. The van der Waals surface area contributed by atoms with Gasteiger partial charge in [0, 0.05) is 24.6 Å². The maximum absolute atomic E-state index is 10.4. The van der Waals surface area contributed by atoms with Crippen LogP contribution in [0.25, 0.3) is 0 Å². The molecule has 0 bridgehead atoms. The molecular weight excluding hydrogens is 426 g/mol. The van der Waals surface area contributed by atoms with Crippen LogP contribution in [-0.2, 0) is 22.3 Å². The summed E-state index contributed by atoms with van der Waals surface area (Å²) in [5.74, 6) is 3.07. The van der Waals surface area contributed by atoms with E-state index in [4.69, 9.17) is 15.2 Å². The van der Waals surface area contributed by atoms with Gasteiger partial charge in [-0.15, -0.1) is 0 Å². The highest BCUT2D eigenvalue weighted by atomic mass is 16.7. The van der Waals surface area contributed by atoms with Crippen molar-refractivity contribution in [3.63, 3.8) is 0 Å². The topological polar surface area (TPSA) is 93.4 Å². The quantitative estimate of drug-likeness (QED) is 0.621. The number of rotatable bonds is 3. The van der Waals surface area contributed by atoms with Crippen LogP contribution in [0.2, 0.25) is 0 Å². The van der Waals surface area contributed by atoms with Crippen LogP contribution in [0.1, 0.15) is 71.1 Å². The van der Waals surface area contributed by atoms with Gasteiger partial charge in [0.1, 0.15) is 0 Å². The van der Waals surface area contributed by atoms with Gasteiger partial charge in [-0.3, -0.25) is 5.10 Å². The normalized spacial score (nSPS) is 52.4. The molecule has 1 aromatic rings. The van der Waals surface area contributed by atoms with Gasteiger partial charge in [-0.2, -0.15) is 5.10 Å². The Morgan fingerprint density at radius 2 is 2.00 bits per heavy atom. The highest BCUT2D eigenvalue weighted by Crippen LogP contribution is 2.68. The first-order valence-corrected chi connectivity index (χ1v) is 13.9. The summed E-state index contributed by atoms with van der Waals surface area (Å²) in [5, 5.41) is 17.9. The lowest BCUT2D eigenvalue weighted by molar-refractivity contribution is -0.272. The average Bonchev–Trinajstić information content (AvgIpc) is 3.46. The smallest absolute Gasteiger partial charge is 0.171 e. The van der Waals surface area contributed by atoms with E-state index in [0.29, 0.717) is 41.6 Å². The lowest BCUT2D eigenvalue weighted by Crippen LogP contribution is -2.55. The van der Waals surface area contributed by atoms with Crippen LogP contribution in [-0.4, -0.2) is 47.0 Å². The van der Waals surface area contributed by atoms with Gasteiger partial charge in [0.05, 0.1) is 18.9 Å². The molecule has 1 spiro atoms. The first kappa shape index (κ1) is 23.4. The summed E-state index contributed by atoms with van der Waals surface area (Å²) in [5.41, 5.74) is 9.47. The van der Waals surface area contributed by atoms with Gasteiger partial charge in [0.25, 0.3) is 0 Å². The number of aliphatic hydroxyl groups is 1. The Morgan fingerprint density at radius 1 is 1.18 bits per heavy atom. The van der Waals surface area contributed by atoms with E-state index < -0.39 is 0 Å². The molecule has 3 heterocycles. The highest BCUT2D eigenvalue weighted by molar-refractivity contribution is 5.25. The number of aromatic amines is 1. The second kappa shape index (κ2) is 8.03. The number of H-pyrrole nitrogens is 1. The molecule has 0 aromatic carbocycles. The number of nitrogens with zero attached hydrogens (tertiary/aromatic N) is 1. The molecule has 190 valence electrons. The van der Waals surface area contributed by atoms with Crippen molar-refractivity contribution < 1.29 is 14.6 Å². The maximum atomic E-state index is 10.4. The number of hydrogen-bond acceptors (Lipinski definition) is 5. The van der Waals surface area contributed by atoms with Crippen molar-refractivity contribution in [2.24, 2.45) is 58.0 Å². The molecule has 6 nitrogen and oxygen atoms in total. The summed E-state index contributed by atoms with van der Waals surface area (Å²) < 4.78 is 13.4. The van der Waals surface area contributed by atoms with Crippen LogP contribution >= 0.6 is 0 Å². The van der Waals surface area contributed by atoms with Crippen molar-refractivity contribution >= 4 is 0 Å². The van der Waals surface area contributed by atoms with Gasteiger partial charge in [0.15, 0.2) is 5.79 Å². The zero-order valence-corrected chi connectivity index (χ0v) is 21.6. The third kappa shape index (κ3) is 3.10. The van der Waals surface area contributed by atoms with Gasteiger partial charge >= 0.3 is 0 Å². The number of aliphatic hydroxyl groups excluding tert-OH is 1. The fourth-order valence-corrected chi connectivity index (χ4v) is 9.86. The Balaban J connectivity index is 1.28. The minimum Gasteiger partial charge on any atom is -0.396 e. The minimum atomic E-state index is -0.361. The number of ether oxygens (including phenoxy) is 2. The van der Waals surface area contributed by atoms with E-state index in [1.54, 1.807) is 0 Å². The average molecular weight is 472 g/mol. The minimum absolute atomic E-state index is 0.0466. The Labute approximate surface area is 204 Å². The number of nitrogens with two attached hydrogens (primary N) is 1. The van der Waals surface area contributed by atoms with Gasteiger partial charge < -0.3 is 20.3 Å². The van der Waals surface area contributed by atoms with E-state index in [-0.39, 0.29) is 29.1 Å². The molecule has 2 saturated carbocycles. The highest BCUT2D eigenvalue weighted by Gasteiger charge is 2.68. The SMILES string of the molecule is CC1CC[C@@]2(OC1)O[C@H]1C[C@H]3[C@H](CN)[C@@H]([C@@]4(C)Cc5cn[nH]c5C[C@@H]4CO)CC[C@]3(C)[C@H]1[C@@H]2C. The van der Waals surface area contributed by atoms with E-state index in [0.717, 1.165) is 38.8 Å². The molecule has 3 aliphatic carbocycles. The monoisotopic (exact) mass is 471 g/mol. The molecule has 1 unspecified atom stereocenters. The van der Waals surface area contributed by atoms with Crippen molar-refractivity contribution in [3.8, 4) is 0 Å². The van der Waals surface area contributed by atoms with E-state index in [2.05, 4.69) is 37.9 Å². The van der Waals surface area contributed by atoms with Crippen LogP contribution in [0.5, 0.6) is 0 Å². The second-order valence-electron chi connectivity index (χ2n) is 13.3. The predicted molar refractivity (Wildman–Crippen MR) is 131 cm³/mol. The molecule has 34 heavy (non-hydrogen) atoms. The Bertz CT molecular complexity index is 910. The Kier molecular flexibility index (Phi) is 5.53. The second-order valence-corrected chi connectivity index (χ2v) is 13.3. The standard InChI is InChI=1S/C28H45N3O3/c1-16-5-8-28(33-15-16)17(2)25-24(34-28)10-22-20(12-29)21(6-7-26(22,25)3)27(4)11-18-13-30-31-23(18)9-19(27)14-32/h13,16-17,19-22,24-25,32H,5-12,14-15,29H2,1-4H3,(H,30,31)/t16?,17-,19+,20+,21-,22-,24-,25-,26-,27-,28+/m0/s1. The molecule has 0 radical (unpaired) electrons. The van der Waals surface area contributed by atoms with Crippen LogP contribution < -0.4 is 5.73 Å². The van der Waals surface area contributed by atoms with E-state index >= 15 is 0 Å². The number of fused-ring (bicyclic) bond motifs is 4. The summed E-state index contributed by atoms with van der Waals surface area (Å²) in [6.45, 7) is 11.5. The fourth-order valence-electron chi connectivity index (χ4n) is 9.86. The third-order valence-electron chi connectivity index (χ3n) is 11.8. The molecule has 2 aliphatic heterocycles. The maximum Gasteiger partial charge on any atom is 0.171 e. The van der Waals surface area contributed by atoms with Crippen LogP contribution in [0, 0.1) is 52.3 Å². The summed E-state index contributed by atoms with van der Waals surface area (Å²) in [6.07, 6.45) is 9.95. The largest absolute Gasteiger partial charge is 0.396 e. The van der Waals surface area contributed by atoms with Gasteiger partial charge in [0.2, 0.25) is 0 Å². The van der Waals surface area contributed by atoms with Crippen molar-refractivity contribution in [2.45, 2.75) is 84.5 Å². The molecule has 11 atom stereocenters. The zero-order chi connectivity index (χ0) is 23.9. The van der Waals surface area contributed by atoms with Crippen molar-refractivity contribution in [3.05, 3.63) is 17.5 Å². The molecule has 4 N–H and O–H groups in total. The lowest BCUT2D eigenvalue weighted by Gasteiger charge is -2.57. The molecule has 0 amide bonds. The fraction of sp³-hybridized carbons (Fsp3) is 0.893. The van der Waals surface area contributed by atoms with E-state index in [1.807, 2.05) is 6.20 Å². The molecular formula is C28H45N3O3. The van der Waals surface area contributed by atoms with Crippen molar-refractivity contribution in [1.29, 1.82) is 0 Å². The lowest BCUT2D eigenvalue weighted by atomic mass is 9.48. The van der Waals surface area contributed by atoms with Gasteiger partial charge in [-0.1, -0.05) is 27.7 Å². The number of nitrogens with one attached hydrogen (secondary N) is 1. The van der Waals surface area contributed by atoms with Gasteiger partial charge in [-0.25, -0.2) is 0 Å². The molecule has 5 aliphatic rings. The summed E-state index contributed by atoms with van der Waals surface area (Å²) in [6, 6.07) is 0. The summed E-state index contributed by atoms with van der Waals surface area (Å²) in [7, 11) is 0. The number of hydrogen-bond donors (Lipinski definition) is 3. The molecule has 2 saturated heterocycles. The van der Waals surface area contributed by atoms with Crippen molar-refractivity contribution in [1.82, 2.24) is 10.2 Å². The molecule has 6 heteroatoms. The van der Waals surface area contributed by atoms with Crippen molar-refractivity contribution in [2.75, 3.05) is 19.8 Å². The van der Waals surface area contributed by atoms with Crippen LogP contribution in [0.15, 0.2) is 6.20 Å². The third-order valence-corrected chi connectivity index (χ3v) is 11.8. The van der Waals surface area contributed by atoms with E-state index in [1.165, 1.54) is 30.5 Å². The van der Waals surface area contributed by atoms with E-state index in [9.17, 15) is 5.11 Å². The first-order valence-electron chi connectivity index (χ1n) is 13.9. The summed E-state index contributed by atoms with van der Waals surface area (Å²) in [4.78, 5) is 0. The summed E-state index contributed by atoms with van der Waals surface area (Å²) >= 11 is 0. The van der Waals surface area contributed by atoms with Gasteiger partial charge in [-0.05, 0) is 97.0 Å². The predicted octanol–water partition coefficient (Wildman–Crippen LogP) is 3.93. The molecule has 1 aromatic heterocycles. The first-order chi connectivity index (χ1) is 16.3. The molecule has 6 rings (SSSR count). The Morgan fingerprint density at radius 3 is 2.71 bits per heavy atom.